The molecule has 0 fully saturated rings. The monoisotopic (exact) mass is 353 g/mol. The minimum absolute atomic E-state index is 0.114. The van der Waals surface area contributed by atoms with E-state index in [1.165, 1.54) is 13.4 Å². The van der Waals surface area contributed by atoms with Crippen LogP contribution in [-0.2, 0) is 0 Å². The zero-order valence-corrected chi connectivity index (χ0v) is 14.4. The number of H-pyrrole nitrogens is 1. The molecule has 3 heterocycles. The highest BCUT2D eigenvalue weighted by Crippen LogP contribution is 2.21. The number of methoxy groups -OCH3 is 1. The van der Waals surface area contributed by atoms with Crippen molar-refractivity contribution < 1.29 is 9.53 Å². The molecule has 9 nitrogen and oxygen atoms in total. The van der Waals surface area contributed by atoms with Crippen LogP contribution in [0.1, 0.15) is 29.5 Å². The molecule has 3 aromatic heterocycles. The number of aromatic nitrogens is 5. The topological polar surface area (TPSA) is 132 Å². The molecule has 0 bridgehead atoms. The number of nitrogens with two attached hydrogens (primary N) is 1. The number of nitrogen functional groups attached to an aromatic ring is 1. The molecular formula is C17H19N7O2. The standard InChI is InChI=1S/C17H19N7O2/c1-10(5-3-6-11-13(18)20-9-21-17(11)26-2)22-16(25)15-23-12-7-4-8-19-14(12)24-15/h3-4,6-10H,5H2,1-2H3,(H,22,25)(H2,18,20,21)(H,19,23,24)/b6-3+/t10-/m0/s1. The van der Waals surface area contributed by atoms with E-state index in [0.29, 0.717) is 29.3 Å². The number of fused-ring (bicyclic) bond motifs is 1. The normalized spacial score (nSPS) is 12.4. The van der Waals surface area contributed by atoms with Gasteiger partial charge in [0.05, 0.1) is 18.2 Å². The summed E-state index contributed by atoms with van der Waals surface area (Å²) in [7, 11) is 1.52. The molecule has 0 aromatic carbocycles. The Morgan fingerprint density at radius 2 is 2.27 bits per heavy atom. The van der Waals surface area contributed by atoms with E-state index in [0.717, 1.165) is 5.52 Å². The summed E-state index contributed by atoms with van der Waals surface area (Å²) >= 11 is 0. The number of nitrogens with one attached hydrogen (secondary N) is 2. The lowest BCUT2D eigenvalue weighted by Gasteiger charge is -2.10. The van der Waals surface area contributed by atoms with Crippen molar-refractivity contribution in [1.82, 2.24) is 30.2 Å². The first-order chi connectivity index (χ1) is 12.6. The Bertz CT molecular complexity index is 918. The summed E-state index contributed by atoms with van der Waals surface area (Å²) in [4.78, 5) is 31.5. The van der Waals surface area contributed by atoms with E-state index < -0.39 is 0 Å². The quantitative estimate of drug-likeness (QED) is 0.612. The summed E-state index contributed by atoms with van der Waals surface area (Å²) in [5.74, 6) is 0.681. The SMILES string of the molecule is COc1ncnc(N)c1/C=C/C[C@H](C)NC(=O)c1nc2ncccc2[nH]1. The molecule has 1 amide bonds. The third-order valence-corrected chi connectivity index (χ3v) is 3.70. The Balaban J connectivity index is 1.62. The van der Waals surface area contributed by atoms with Gasteiger partial charge in [-0.05, 0) is 31.6 Å². The summed E-state index contributed by atoms with van der Waals surface area (Å²) < 4.78 is 5.16. The summed E-state index contributed by atoms with van der Waals surface area (Å²) in [5, 5.41) is 2.88. The Labute approximate surface area is 149 Å². The summed E-state index contributed by atoms with van der Waals surface area (Å²) in [6.45, 7) is 1.89. The Kier molecular flexibility index (Phi) is 5.07. The summed E-state index contributed by atoms with van der Waals surface area (Å²) in [6, 6.07) is 3.48. The molecule has 0 saturated carbocycles. The number of ether oxygens (including phenoxy) is 1. The van der Waals surface area contributed by atoms with Gasteiger partial charge in [-0.15, -0.1) is 0 Å². The highest BCUT2D eigenvalue weighted by molar-refractivity contribution is 5.93. The first kappa shape index (κ1) is 17.3. The van der Waals surface area contributed by atoms with Crippen LogP contribution in [0.25, 0.3) is 17.2 Å². The third kappa shape index (κ3) is 3.77. The molecule has 0 radical (unpaired) electrons. The molecular weight excluding hydrogens is 334 g/mol. The summed E-state index contributed by atoms with van der Waals surface area (Å²) in [5.41, 5.74) is 7.68. The molecule has 3 rings (SSSR count). The number of rotatable bonds is 6. The van der Waals surface area contributed by atoms with Crippen LogP contribution >= 0.6 is 0 Å². The Morgan fingerprint density at radius 3 is 3.04 bits per heavy atom. The van der Waals surface area contributed by atoms with Gasteiger partial charge in [0.1, 0.15) is 12.1 Å². The van der Waals surface area contributed by atoms with Crippen molar-refractivity contribution in [3.05, 3.63) is 42.1 Å². The molecule has 0 unspecified atom stereocenters. The van der Waals surface area contributed by atoms with Crippen molar-refractivity contribution >= 4 is 29.0 Å². The van der Waals surface area contributed by atoms with Gasteiger partial charge in [0.2, 0.25) is 5.88 Å². The largest absolute Gasteiger partial charge is 0.480 e. The van der Waals surface area contributed by atoms with E-state index in [1.807, 2.05) is 19.1 Å². The third-order valence-electron chi connectivity index (χ3n) is 3.70. The summed E-state index contributed by atoms with van der Waals surface area (Å²) in [6.07, 6.45) is 7.22. The van der Waals surface area contributed by atoms with Crippen LogP contribution in [0, 0.1) is 0 Å². The van der Waals surface area contributed by atoms with Gasteiger partial charge < -0.3 is 20.8 Å². The molecule has 0 saturated heterocycles. The van der Waals surface area contributed by atoms with Crippen molar-refractivity contribution in [2.75, 3.05) is 12.8 Å². The Morgan fingerprint density at radius 1 is 1.42 bits per heavy atom. The van der Waals surface area contributed by atoms with E-state index in [-0.39, 0.29) is 17.8 Å². The maximum Gasteiger partial charge on any atom is 0.287 e. The zero-order valence-electron chi connectivity index (χ0n) is 14.4. The molecule has 1 atom stereocenters. The van der Waals surface area contributed by atoms with E-state index >= 15 is 0 Å². The molecule has 9 heteroatoms. The maximum atomic E-state index is 12.3. The minimum atomic E-state index is -0.288. The van der Waals surface area contributed by atoms with Crippen LogP contribution in [0.15, 0.2) is 30.7 Å². The highest BCUT2D eigenvalue weighted by atomic mass is 16.5. The fourth-order valence-electron chi connectivity index (χ4n) is 2.41. The van der Waals surface area contributed by atoms with Gasteiger partial charge in [0.15, 0.2) is 11.5 Å². The second-order valence-electron chi connectivity index (χ2n) is 5.65. The van der Waals surface area contributed by atoms with Gasteiger partial charge in [-0.1, -0.05) is 6.08 Å². The average Bonchev–Trinajstić information content (AvgIpc) is 3.07. The number of carbonyl (C=O) groups excluding carboxylic acids is 1. The lowest BCUT2D eigenvalue weighted by atomic mass is 10.2. The van der Waals surface area contributed by atoms with Crippen molar-refractivity contribution in [1.29, 1.82) is 0 Å². The van der Waals surface area contributed by atoms with Crippen LogP contribution in [0.5, 0.6) is 5.88 Å². The predicted molar refractivity (Wildman–Crippen MR) is 97.5 cm³/mol. The number of hydrogen-bond acceptors (Lipinski definition) is 7. The molecule has 3 aromatic rings. The van der Waals surface area contributed by atoms with E-state index in [2.05, 4.69) is 30.2 Å². The number of carbonyl (C=O) groups is 1. The smallest absolute Gasteiger partial charge is 0.287 e. The lowest BCUT2D eigenvalue weighted by molar-refractivity contribution is 0.0931. The number of pyridine rings is 1. The second-order valence-corrected chi connectivity index (χ2v) is 5.65. The molecule has 26 heavy (non-hydrogen) atoms. The number of hydrogen-bond donors (Lipinski definition) is 3. The Hall–Kier alpha value is -3.49. The number of imidazole rings is 1. The van der Waals surface area contributed by atoms with Gasteiger partial charge >= 0.3 is 0 Å². The molecule has 0 spiro atoms. The van der Waals surface area contributed by atoms with Gasteiger partial charge in [-0.25, -0.2) is 19.9 Å². The average molecular weight is 353 g/mol. The number of aromatic amines is 1. The first-order valence-electron chi connectivity index (χ1n) is 8.01. The van der Waals surface area contributed by atoms with Gasteiger partial charge in [-0.3, -0.25) is 4.79 Å². The van der Waals surface area contributed by atoms with Crippen LogP contribution in [0.2, 0.25) is 0 Å². The van der Waals surface area contributed by atoms with Gasteiger partial charge in [0, 0.05) is 12.2 Å². The van der Waals surface area contributed by atoms with E-state index in [9.17, 15) is 4.79 Å². The van der Waals surface area contributed by atoms with Gasteiger partial charge in [0.25, 0.3) is 5.91 Å². The second kappa shape index (κ2) is 7.60. The zero-order chi connectivity index (χ0) is 18.5. The number of nitrogens with zero attached hydrogens (tertiary/aromatic N) is 4. The fraction of sp³-hybridized carbons (Fsp3) is 0.235. The lowest BCUT2D eigenvalue weighted by Crippen LogP contribution is -2.32. The van der Waals surface area contributed by atoms with Crippen LogP contribution in [0.3, 0.4) is 0 Å². The van der Waals surface area contributed by atoms with Crippen LogP contribution in [0.4, 0.5) is 5.82 Å². The first-order valence-corrected chi connectivity index (χ1v) is 8.01. The molecule has 0 aliphatic rings. The van der Waals surface area contributed by atoms with Gasteiger partial charge in [-0.2, -0.15) is 0 Å². The van der Waals surface area contributed by atoms with Crippen LogP contribution < -0.4 is 15.8 Å². The molecule has 0 aliphatic carbocycles. The number of anilines is 1. The van der Waals surface area contributed by atoms with E-state index in [4.69, 9.17) is 10.5 Å². The van der Waals surface area contributed by atoms with E-state index in [1.54, 1.807) is 18.3 Å². The number of amides is 1. The van der Waals surface area contributed by atoms with Crippen LogP contribution in [-0.4, -0.2) is 44.0 Å². The molecule has 4 N–H and O–H groups in total. The maximum absolute atomic E-state index is 12.3. The van der Waals surface area contributed by atoms with Crippen molar-refractivity contribution in [2.45, 2.75) is 19.4 Å². The predicted octanol–water partition coefficient (Wildman–Crippen LogP) is 1.56. The minimum Gasteiger partial charge on any atom is -0.480 e. The highest BCUT2D eigenvalue weighted by Gasteiger charge is 2.14. The van der Waals surface area contributed by atoms with Crippen molar-refractivity contribution in [3.63, 3.8) is 0 Å². The van der Waals surface area contributed by atoms with Crippen molar-refractivity contribution in [2.24, 2.45) is 0 Å². The van der Waals surface area contributed by atoms with Crippen molar-refractivity contribution in [3.8, 4) is 5.88 Å². The molecule has 134 valence electrons. The fourth-order valence-corrected chi connectivity index (χ4v) is 2.41. The molecule has 0 aliphatic heterocycles.